The molecule has 0 aliphatic carbocycles. The number of rotatable bonds is 5. The molecule has 1 N–H and O–H groups in total. The number of halogens is 1. The van der Waals surface area contributed by atoms with Gasteiger partial charge in [-0.2, -0.15) is 0 Å². The van der Waals surface area contributed by atoms with Crippen LogP contribution in [0.3, 0.4) is 0 Å². The Balaban J connectivity index is 1.57. The molecule has 0 bridgehead atoms. The third-order valence-corrected chi connectivity index (χ3v) is 5.06. The van der Waals surface area contributed by atoms with Crippen molar-refractivity contribution in [2.24, 2.45) is 5.92 Å². The fraction of sp³-hybridized carbons (Fsp3) is 0.300. The van der Waals surface area contributed by atoms with Crippen LogP contribution in [0.2, 0.25) is 0 Å². The lowest BCUT2D eigenvalue weighted by atomic mass is 10.1. The summed E-state index contributed by atoms with van der Waals surface area (Å²) in [6.07, 6.45) is 1.26. The minimum absolute atomic E-state index is 0.00484. The number of benzene rings is 2. The highest BCUT2D eigenvalue weighted by molar-refractivity contribution is 9.10. The van der Waals surface area contributed by atoms with E-state index in [1.807, 2.05) is 36.4 Å². The Bertz CT molecular complexity index is 756. The summed E-state index contributed by atoms with van der Waals surface area (Å²) < 4.78 is 0.964. The van der Waals surface area contributed by atoms with Gasteiger partial charge >= 0.3 is 0 Å². The highest BCUT2D eigenvalue weighted by Crippen LogP contribution is 2.26. The average molecular weight is 401 g/mol. The van der Waals surface area contributed by atoms with Crippen molar-refractivity contribution in [1.29, 1.82) is 0 Å². The highest BCUT2D eigenvalue weighted by atomic mass is 79.9. The second-order valence-electron chi connectivity index (χ2n) is 6.27. The van der Waals surface area contributed by atoms with Crippen molar-refractivity contribution in [3.63, 3.8) is 0 Å². The van der Waals surface area contributed by atoms with E-state index in [1.165, 1.54) is 5.56 Å². The number of hydrogen-bond donors (Lipinski definition) is 1. The molecule has 0 spiro atoms. The summed E-state index contributed by atoms with van der Waals surface area (Å²) in [6.45, 7) is 3.04. The third-order valence-electron chi connectivity index (χ3n) is 4.53. The molecule has 130 valence electrons. The monoisotopic (exact) mass is 400 g/mol. The molecule has 0 unspecified atom stereocenters. The van der Waals surface area contributed by atoms with E-state index in [0.29, 0.717) is 13.1 Å². The van der Waals surface area contributed by atoms with Crippen LogP contribution in [0.4, 0.5) is 5.69 Å². The Hall–Kier alpha value is -2.14. The van der Waals surface area contributed by atoms with E-state index >= 15 is 0 Å². The number of carbonyl (C=O) groups excluding carboxylic acids is 2. The predicted octanol–water partition coefficient (Wildman–Crippen LogP) is 3.68. The minimum atomic E-state index is -0.300. The number of carbonyl (C=O) groups is 2. The van der Waals surface area contributed by atoms with Crippen LogP contribution in [0.15, 0.2) is 53.0 Å². The topological polar surface area (TPSA) is 49.4 Å². The SMILES string of the molecule is CCc1ccc(CNC(=O)[C@H]2CC(=O)N(c3ccc(Br)cc3)C2)cc1. The zero-order chi connectivity index (χ0) is 17.8. The summed E-state index contributed by atoms with van der Waals surface area (Å²) in [7, 11) is 0. The molecule has 1 aliphatic rings. The standard InChI is InChI=1S/C20H21BrN2O2/c1-2-14-3-5-15(6-4-14)12-22-20(25)16-11-19(24)23(13-16)18-9-7-17(21)8-10-18/h3-10,16H,2,11-13H2,1H3,(H,22,25)/t16-/m0/s1. The van der Waals surface area contributed by atoms with Crippen LogP contribution in [-0.2, 0) is 22.6 Å². The van der Waals surface area contributed by atoms with Crippen molar-refractivity contribution in [2.45, 2.75) is 26.3 Å². The molecular formula is C20H21BrN2O2. The van der Waals surface area contributed by atoms with Gasteiger partial charge in [0.25, 0.3) is 0 Å². The summed E-state index contributed by atoms with van der Waals surface area (Å²) in [6, 6.07) is 15.8. The molecule has 5 heteroatoms. The van der Waals surface area contributed by atoms with Crippen molar-refractivity contribution < 1.29 is 9.59 Å². The molecule has 4 nitrogen and oxygen atoms in total. The summed E-state index contributed by atoms with van der Waals surface area (Å²) in [5.74, 6) is -0.367. The van der Waals surface area contributed by atoms with Gasteiger partial charge in [0.1, 0.15) is 0 Å². The molecular weight excluding hydrogens is 380 g/mol. The van der Waals surface area contributed by atoms with Crippen LogP contribution in [-0.4, -0.2) is 18.4 Å². The van der Waals surface area contributed by atoms with E-state index < -0.39 is 0 Å². The van der Waals surface area contributed by atoms with Gasteiger partial charge in [0.2, 0.25) is 11.8 Å². The van der Waals surface area contributed by atoms with Crippen LogP contribution < -0.4 is 10.2 Å². The van der Waals surface area contributed by atoms with Crippen LogP contribution in [0.1, 0.15) is 24.5 Å². The van der Waals surface area contributed by atoms with E-state index in [4.69, 9.17) is 0 Å². The number of aryl methyl sites for hydroxylation is 1. The van der Waals surface area contributed by atoms with E-state index in [-0.39, 0.29) is 24.2 Å². The zero-order valence-electron chi connectivity index (χ0n) is 14.2. The van der Waals surface area contributed by atoms with Crippen molar-refractivity contribution in [2.75, 3.05) is 11.4 Å². The number of nitrogens with zero attached hydrogens (tertiary/aromatic N) is 1. The first-order valence-electron chi connectivity index (χ1n) is 8.48. The maximum atomic E-state index is 12.4. The molecule has 2 aromatic carbocycles. The van der Waals surface area contributed by atoms with Crippen LogP contribution >= 0.6 is 15.9 Å². The lowest BCUT2D eigenvalue weighted by Gasteiger charge is -2.16. The maximum absolute atomic E-state index is 12.4. The summed E-state index contributed by atoms with van der Waals surface area (Å²) >= 11 is 3.39. The van der Waals surface area contributed by atoms with Gasteiger partial charge in [0.05, 0.1) is 5.92 Å². The lowest BCUT2D eigenvalue weighted by molar-refractivity contribution is -0.126. The van der Waals surface area contributed by atoms with E-state index in [2.05, 4.69) is 40.3 Å². The molecule has 2 amide bonds. The molecule has 1 heterocycles. The van der Waals surface area contributed by atoms with Crippen molar-refractivity contribution in [1.82, 2.24) is 5.32 Å². The Morgan fingerprint density at radius 1 is 1.12 bits per heavy atom. The van der Waals surface area contributed by atoms with E-state index in [0.717, 1.165) is 22.1 Å². The van der Waals surface area contributed by atoms with E-state index in [9.17, 15) is 9.59 Å². The molecule has 1 atom stereocenters. The highest BCUT2D eigenvalue weighted by Gasteiger charge is 2.34. The van der Waals surface area contributed by atoms with Gasteiger partial charge in [-0.25, -0.2) is 0 Å². The number of amides is 2. The number of nitrogens with one attached hydrogen (secondary N) is 1. The first-order valence-corrected chi connectivity index (χ1v) is 9.27. The van der Waals surface area contributed by atoms with Gasteiger partial charge in [0, 0.05) is 29.7 Å². The van der Waals surface area contributed by atoms with Gasteiger partial charge in [-0.1, -0.05) is 47.1 Å². The molecule has 2 aromatic rings. The molecule has 1 aliphatic heterocycles. The van der Waals surface area contributed by atoms with Gasteiger partial charge in [-0.15, -0.1) is 0 Å². The Morgan fingerprint density at radius 2 is 1.76 bits per heavy atom. The molecule has 25 heavy (non-hydrogen) atoms. The lowest BCUT2D eigenvalue weighted by Crippen LogP contribution is -2.32. The average Bonchev–Trinajstić information content (AvgIpc) is 3.02. The second kappa shape index (κ2) is 7.83. The Labute approximate surface area is 156 Å². The van der Waals surface area contributed by atoms with Crippen molar-refractivity contribution >= 4 is 33.4 Å². The Morgan fingerprint density at radius 3 is 2.40 bits per heavy atom. The van der Waals surface area contributed by atoms with Crippen molar-refractivity contribution in [3.8, 4) is 0 Å². The van der Waals surface area contributed by atoms with E-state index in [1.54, 1.807) is 4.90 Å². The quantitative estimate of drug-likeness (QED) is 0.831. The largest absolute Gasteiger partial charge is 0.352 e. The van der Waals surface area contributed by atoms with Crippen LogP contribution in [0.25, 0.3) is 0 Å². The molecule has 3 rings (SSSR count). The molecule has 0 radical (unpaired) electrons. The normalized spacial score (nSPS) is 17.0. The van der Waals surface area contributed by atoms with Crippen molar-refractivity contribution in [3.05, 3.63) is 64.1 Å². The summed E-state index contributed by atoms with van der Waals surface area (Å²) in [4.78, 5) is 26.4. The van der Waals surface area contributed by atoms with Gasteiger partial charge in [-0.3, -0.25) is 9.59 Å². The van der Waals surface area contributed by atoms with Crippen LogP contribution in [0.5, 0.6) is 0 Å². The minimum Gasteiger partial charge on any atom is -0.352 e. The summed E-state index contributed by atoms with van der Waals surface area (Å²) in [5.41, 5.74) is 3.18. The number of anilines is 1. The fourth-order valence-corrected chi connectivity index (χ4v) is 3.24. The van der Waals surface area contributed by atoms with Crippen LogP contribution in [0, 0.1) is 5.92 Å². The van der Waals surface area contributed by atoms with Gasteiger partial charge in [0.15, 0.2) is 0 Å². The van der Waals surface area contributed by atoms with Gasteiger partial charge in [-0.05, 0) is 41.8 Å². The first kappa shape index (κ1) is 17.7. The maximum Gasteiger partial charge on any atom is 0.227 e. The smallest absolute Gasteiger partial charge is 0.227 e. The fourth-order valence-electron chi connectivity index (χ4n) is 2.98. The predicted molar refractivity (Wildman–Crippen MR) is 102 cm³/mol. The Kier molecular flexibility index (Phi) is 5.53. The molecule has 1 saturated heterocycles. The molecule has 0 saturated carbocycles. The third kappa shape index (κ3) is 4.28. The van der Waals surface area contributed by atoms with Gasteiger partial charge < -0.3 is 10.2 Å². The zero-order valence-corrected chi connectivity index (χ0v) is 15.8. The number of hydrogen-bond acceptors (Lipinski definition) is 2. The second-order valence-corrected chi connectivity index (χ2v) is 7.19. The summed E-state index contributed by atoms with van der Waals surface area (Å²) in [5, 5.41) is 2.95. The first-order chi connectivity index (χ1) is 12.1. The molecule has 0 aromatic heterocycles. The molecule has 1 fully saturated rings.